The van der Waals surface area contributed by atoms with Gasteiger partial charge in [0.25, 0.3) is 0 Å². The molecule has 1 saturated heterocycles. The van der Waals surface area contributed by atoms with Gasteiger partial charge in [-0.3, -0.25) is 4.79 Å². The number of aryl methyl sites for hydroxylation is 1. The molecule has 0 spiro atoms. The molecule has 0 radical (unpaired) electrons. The normalized spacial score (nSPS) is 14.7. The van der Waals surface area contributed by atoms with Crippen LogP contribution in [0.2, 0.25) is 0 Å². The summed E-state index contributed by atoms with van der Waals surface area (Å²) in [5.74, 6) is -0.317. The van der Waals surface area contributed by atoms with E-state index in [0.29, 0.717) is 18.2 Å². The third-order valence-electron chi connectivity index (χ3n) is 4.35. The van der Waals surface area contributed by atoms with Crippen LogP contribution in [0.25, 0.3) is 0 Å². The third kappa shape index (κ3) is 5.27. The van der Waals surface area contributed by atoms with Gasteiger partial charge in [0.05, 0.1) is 12.8 Å². The summed E-state index contributed by atoms with van der Waals surface area (Å²) >= 11 is 0. The molecule has 3 rings (SSSR count). The van der Waals surface area contributed by atoms with Crippen molar-refractivity contribution in [1.82, 2.24) is 15.0 Å². The standard InChI is InChI=1S/C18H22N4O5/c1-12-2-3-14(8-16(12)27-11-13-4-6-26-7-5-13)19-17(23)10-22-9-15(18(24)25)20-21-22/h2-3,8-9,13H,4-7,10-11H2,1H3,(H,19,23)(H,24,25). The van der Waals surface area contributed by atoms with Crippen LogP contribution in [-0.2, 0) is 16.1 Å². The summed E-state index contributed by atoms with van der Waals surface area (Å²) in [6.07, 6.45) is 3.19. The number of nitrogens with one attached hydrogen (secondary N) is 1. The highest BCUT2D eigenvalue weighted by molar-refractivity contribution is 5.91. The topological polar surface area (TPSA) is 116 Å². The Morgan fingerprint density at radius 2 is 2.15 bits per heavy atom. The van der Waals surface area contributed by atoms with Crippen LogP contribution >= 0.6 is 0 Å². The molecule has 1 amide bonds. The lowest BCUT2D eigenvalue weighted by Gasteiger charge is -2.22. The van der Waals surface area contributed by atoms with E-state index in [2.05, 4.69) is 15.6 Å². The van der Waals surface area contributed by atoms with E-state index >= 15 is 0 Å². The molecule has 0 unspecified atom stereocenters. The number of hydrogen-bond donors (Lipinski definition) is 2. The van der Waals surface area contributed by atoms with E-state index < -0.39 is 5.97 Å². The molecular formula is C18H22N4O5. The summed E-state index contributed by atoms with van der Waals surface area (Å²) in [5.41, 5.74) is 1.38. The Balaban J connectivity index is 1.57. The van der Waals surface area contributed by atoms with Crippen molar-refractivity contribution < 1.29 is 24.2 Å². The van der Waals surface area contributed by atoms with Gasteiger partial charge in [-0.2, -0.15) is 0 Å². The Morgan fingerprint density at radius 1 is 1.37 bits per heavy atom. The maximum atomic E-state index is 12.2. The SMILES string of the molecule is Cc1ccc(NC(=O)Cn2cc(C(=O)O)nn2)cc1OCC1CCOCC1. The number of benzene rings is 1. The van der Waals surface area contributed by atoms with E-state index in [1.807, 2.05) is 13.0 Å². The molecule has 9 nitrogen and oxygen atoms in total. The molecular weight excluding hydrogens is 352 g/mol. The predicted molar refractivity (Wildman–Crippen MR) is 95.8 cm³/mol. The van der Waals surface area contributed by atoms with Gasteiger partial charge >= 0.3 is 5.97 Å². The van der Waals surface area contributed by atoms with Crippen LogP contribution in [0.15, 0.2) is 24.4 Å². The molecule has 27 heavy (non-hydrogen) atoms. The number of aromatic nitrogens is 3. The Bertz CT molecular complexity index is 814. The fourth-order valence-corrected chi connectivity index (χ4v) is 2.78. The van der Waals surface area contributed by atoms with Crippen LogP contribution < -0.4 is 10.1 Å². The van der Waals surface area contributed by atoms with Gasteiger partial charge in [0, 0.05) is 25.0 Å². The van der Waals surface area contributed by atoms with E-state index in [-0.39, 0.29) is 18.1 Å². The van der Waals surface area contributed by atoms with Gasteiger partial charge in [0.15, 0.2) is 5.69 Å². The molecule has 0 atom stereocenters. The van der Waals surface area contributed by atoms with Crippen LogP contribution in [0, 0.1) is 12.8 Å². The molecule has 9 heteroatoms. The van der Waals surface area contributed by atoms with E-state index in [4.69, 9.17) is 14.6 Å². The Morgan fingerprint density at radius 3 is 2.85 bits per heavy atom. The fraction of sp³-hybridized carbons (Fsp3) is 0.444. The van der Waals surface area contributed by atoms with Crippen molar-refractivity contribution in [3.63, 3.8) is 0 Å². The van der Waals surface area contributed by atoms with Gasteiger partial charge in [0.2, 0.25) is 5.91 Å². The Labute approximate surface area is 156 Å². The number of anilines is 1. The van der Waals surface area contributed by atoms with Crippen molar-refractivity contribution >= 4 is 17.6 Å². The maximum Gasteiger partial charge on any atom is 0.358 e. The molecule has 2 heterocycles. The van der Waals surface area contributed by atoms with Crippen molar-refractivity contribution in [2.24, 2.45) is 5.92 Å². The minimum absolute atomic E-state index is 0.133. The summed E-state index contributed by atoms with van der Waals surface area (Å²) in [7, 11) is 0. The average Bonchev–Trinajstić information content (AvgIpc) is 3.11. The van der Waals surface area contributed by atoms with Crippen molar-refractivity contribution in [3.05, 3.63) is 35.7 Å². The molecule has 0 aliphatic carbocycles. The molecule has 1 aromatic carbocycles. The number of carboxylic acids is 1. The highest BCUT2D eigenvalue weighted by Crippen LogP contribution is 2.24. The number of aromatic carboxylic acids is 1. The zero-order chi connectivity index (χ0) is 19.2. The van der Waals surface area contributed by atoms with Gasteiger partial charge in [-0.15, -0.1) is 5.10 Å². The smallest absolute Gasteiger partial charge is 0.358 e. The molecule has 1 aromatic heterocycles. The van der Waals surface area contributed by atoms with Crippen molar-refractivity contribution in [2.45, 2.75) is 26.3 Å². The second-order valence-corrected chi connectivity index (χ2v) is 6.50. The predicted octanol–water partition coefficient (Wildman–Crippen LogP) is 1.73. The number of amides is 1. The van der Waals surface area contributed by atoms with Gasteiger partial charge in [-0.1, -0.05) is 11.3 Å². The molecule has 144 valence electrons. The van der Waals surface area contributed by atoms with Crippen molar-refractivity contribution in [2.75, 3.05) is 25.1 Å². The summed E-state index contributed by atoms with van der Waals surface area (Å²) < 4.78 is 12.5. The van der Waals surface area contributed by atoms with Crippen molar-refractivity contribution in [3.8, 4) is 5.75 Å². The second kappa shape index (κ2) is 8.63. The first-order chi connectivity index (χ1) is 13.0. The number of rotatable bonds is 7. The lowest BCUT2D eigenvalue weighted by atomic mass is 10.0. The summed E-state index contributed by atoms with van der Waals surface area (Å²) in [4.78, 5) is 23.0. The molecule has 2 aromatic rings. The first-order valence-electron chi connectivity index (χ1n) is 8.76. The zero-order valence-corrected chi connectivity index (χ0v) is 15.1. The van der Waals surface area contributed by atoms with Gasteiger partial charge in [-0.25, -0.2) is 9.48 Å². The van der Waals surface area contributed by atoms with Gasteiger partial charge in [0.1, 0.15) is 12.3 Å². The lowest BCUT2D eigenvalue weighted by molar-refractivity contribution is -0.116. The summed E-state index contributed by atoms with van der Waals surface area (Å²) in [6, 6.07) is 5.46. The van der Waals surface area contributed by atoms with E-state index in [9.17, 15) is 9.59 Å². The third-order valence-corrected chi connectivity index (χ3v) is 4.35. The van der Waals surface area contributed by atoms with Gasteiger partial charge in [-0.05, 0) is 37.3 Å². The average molecular weight is 374 g/mol. The van der Waals surface area contributed by atoms with E-state index in [1.54, 1.807) is 12.1 Å². The molecule has 0 saturated carbocycles. The Kier molecular flexibility index (Phi) is 6.02. The molecule has 1 fully saturated rings. The van der Waals surface area contributed by atoms with Crippen LogP contribution in [0.3, 0.4) is 0 Å². The zero-order valence-electron chi connectivity index (χ0n) is 15.1. The number of hydrogen-bond acceptors (Lipinski definition) is 6. The Hall–Kier alpha value is -2.94. The lowest BCUT2D eigenvalue weighted by Crippen LogP contribution is -2.22. The monoisotopic (exact) mass is 374 g/mol. The van der Waals surface area contributed by atoms with Crippen LogP contribution in [-0.4, -0.2) is 51.8 Å². The first kappa shape index (κ1) is 18.8. The number of nitrogens with zero attached hydrogens (tertiary/aromatic N) is 3. The van der Waals surface area contributed by atoms with Gasteiger partial charge < -0.3 is 19.9 Å². The summed E-state index contributed by atoms with van der Waals surface area (Å²) in [6.45, 7) is 3.99. The first-order valence-corrected chi connectivity index (χ1v) is 8.76. The quantitative estimate of drug-likeness (QED) is 0.758. The van der Waals surface area contributed by atoms with E-state index in [0.717, 1.165) is 37.4 Å². The molecule has 0 bridgehead atoms. The fourth-order valence-electron chi connectivity index (χ4n) is 2.78. The minimum Gasteiger partial charge on any atom is -0.493 e. The second-order valence-electron chi connectivity index (χ2n) is 6.50. The molecule has 1 aliphatic rings. The van der Waals surface area contributed by atoms with Crippen LogP contribution in [0.4, 0.5) is 5.69 Å². The van der Waals surface area contributed by atoms with Crippen molar-refractivity contribution in [1.29, 1.82) is 0 Å². The molecule has 1 aliphatic heterocycles. The molecule has 2 N–H and O–H groups in total. The minimum atomic E-state index is -1.19. The largest absolute Gasteiger partial charge is 0.493 e. The highest BCUT2D eigenvalue weighted by Gasteiger charge is 2.15. The van der Waals surface area contributed by atoms with Crippen LogP contribution in [0.1, 0.15) is 28.9 Å². The number of carbonyl (C=O) groups is 2. The highest BCUT2D eigenvalue weighted by atomic mass is 16.5. The maximum absolute atomic E-state index is 12.2. The van der Waals surface area contributed by atoms with Crippen LogP contribution in [0.5, 0.6) is 5.75 Å². The number of carboxylic acid groups (broad SMARTS) is 1. The number of carbonyl (C=O) groups excluding carboxylic acids is 1. The van der Waals surface area contributed by atoms with E-state index in [1.165, 1.54) is 10.9 Å². The number of ether oxygens (including phenoxy) is 2. The summed E-state index contributed by atoms with van der Waals surface area (Å²) in [5, 5.41) is 18.7.